The molecule has 0 saturated carbocycles. The molecule has 0 bridgehead atoms. The highest BCUT2D eigenvalue weighted by Crippen LogP contribution is 2.50. The van der Waals surface area contributed by atoms with Crippen LogP contribution in [-0.2, 0) is 23.4 Å². The van der Waals surface area contributed by atoms with Gasteiger partial charge in [0.05, 0.1) is 12.7 Å². The number of nitrogens with one attached hydrogen (secondary N) is 2. The number of rotatable bonds is 11. The third-order valence-electron chi connectivity index (χ3n) is 6.39. The molecule has 1 unspecified atom stereocenters. The largest absolute Gasteiger partial charge is 0.462 e. The Morgan fingerprint density at radius 3 is 2.52 bits per heavy atom. The Bertz CT molecular complexity index is 1590. The van der Waals surface area contributed by atoms with Crippen molar-refractivity contribution in [1.29, 1.82) is 0 Å². The maximum absolute atomic E-state index is 15.2. The van der Waals surface area contributed by atoms with Gasteiger partial charge in [0, 0.05) is 17.6 Å². The van der Waals surface area contributed by atoms with Gasteiger partial charge < -0.3 is 19.1 Å². The zero-order chi connectivity index (χ0) is 30.8. The van der Waals surface area contributed by atoms with Gasteiger partial charge in [-0.1, -0.05) is 36.4 Å². The smallest absolute Gasteiger partial charge is 0.459 e. The highest BCUT2D eigenvalue weighted by molar-refractivity contribution is 7.52. The van der Waals surface area contributed by atoms with Crippen molar-refractivity contribution >= 4 is 24.5 Å². The van der Waals surface area contributed by atoms with Gasteiger partial charge in [-0.15, -0.1) is 0 Å². The van der Waals surface area contributed by atoms with E-state index in [4.69, 9.17) is 18.5 Å². The maximum Gasteiger partial charge on any atom is 0.459 e. The van der Waals surface area contributed by atoms with E-state index < -0.39 is 74.2 Å². The molecule has 1 aliphatic heterocycles. The molecule has 42 heavy (non-hydrogen) atoms. The van der Waals surface area contributed by atoms with E-state index in [1.807, 2.05) is 4.98 Å². The number of hydrogen-bond donors (Lipinski definition) is 3. The summed E-state index contributed by atoms with van der Waals surface area (Å²) in [4.78, 5) is 37.9. The van der Waals surface area contributed by atoms with Crippen molar-refractivity contribution in [3.8, 4) is 5.75 Å². The monoisotopic (exact) mass is 615 g/mol. The molecule has 0 spiro atoms. The first kappa shape index (κ1) is 31.4. The summed E-state index contributed by atoms with van der Waals surface area (Å²) in [6, 6.07) is 11.0. The summed E-state index contributed by atoms with van der Waals surface area (Å²) in [7, 11) is -4.80. The van der Waals surface area contributed by atoms with Crippen LogP contribution < -0.4 is 20.9 Å². The number of aromatic nitrogens is 2. The Hall–Kier alpha value is -3.49. The lowest BCUT2D eigenvalue weighted by atomic mass is 9.97. The normalized spacial score (nSPS) is 24.5. The van der Waals surface area contributed by atoms with E-state index in [0.717, 1.165) is 12.3 Å². The number of halogens is 3. The molecule has 0 amide bonds. The van der Waals surface area contributed by atoms with Gasteiger partial charge in [0.25, 0.3) is 12.0 Å². The number of benzene rings is 2. The average molecular weight is 615 g/mol. The van der Waals surface area contributed by atoms with E-state index in [1.165, 1.54) is 13.0 Å². The van der Waals surface area contributed by atoms with Crippen molar-refractivity contribution < 1.29 is 46.2 Å². The van der Waals surface area contributed by atoms with Crippen LogP contribution >= 0.6 is 7.75 Å². The maximum atomic E-state index is 15.2. The molecule has 1 saturated heterocycles. The van der Waals surface area contributed by atoms with Gasteiger partial charge in [0.15, 0.2) is 18.0 Å². The Kier molecular flexibility index (Phi) is 9.28. The topological polar surface area (TPSA) is 158 Å². The van der Waals surface area contributed by atoms with Crippen LogP contribution in [0.4, 0.5) is 13.2 Å². The molecule has 1 aliphatic rings. The second-order valence-corrected chi connectivity index (χ2v) is 11.5. The summed E-state index contributed by atoms with van der Waals surface area (Å²) in [5.74, 6) is -0.870. The third-order valence-corrected chi connectivity index (χ3v) is 8.00. The van der Waals surface area contributed by atoms with Crippen LogP contribution in [0.1, 0.15) is 27.0 Å². The molecule has 6 atom stereocenters. The molecule has 3 aromatic rings. The predicted molar refractivity (Wildman–Crippen MR) is 143 cm³/mol. The first-order valence-corrected chi connectivity index (χ1v) is 14.3. The molecule has 2 aromatic carbocycles. The van der Waals surface area contributed by atoms with Gasteiger partial charge in [-0.05, 0) is 32.2 Å². The molecule has 228 valence electrons. The summed E-state index contributed by atoms with van der Waals surface area (Å²) >= 11 is 0. The van der Waals surface area contributed by atoms with Crippen LogP contribution in [0.5, 0.6) is 5.75 Å². The Morgan fingerprint density at radius 2 is 1.86 bits per heavy atom. The molecule has 1 fully saturated rings. The lowest BCUT2D eigenvalue weighted by Crippen LogP contribution is -2.52. The molecule has 1 aromatic heterocycles. The van der Waals surface area contributed by atoms with Crippen molar-refractivity contribution in [3.05, 3.63) is 75.6 Å². The molecular weight excluding hydrogens is 586 g/mol. The second-order valence-electron chi connectivity index (χ2n) is 9.85. The van der Waals surface area contributed by atoms with Crippen LogP contribution in [0.3, 0.4) is 0 Å². The third kappa shape index (κ3) is 6.45. The van der Waals surface area contributed by atoms with Crippen molar-refractivity contribution in [1.82, 2.24) is 14.6 Å². The molecule has 2 heterocycles. The van der Waals surface area contributed by atoms with Gasteiger partial charge in [-0.3, -0.25) is 23.7 Å². The minimum Gasteiger partial charge on any atom is -0.462 e. The number of fused-ring (bicyclic) bond motifs is 1. The van der Waals surface area contributed by atoms with Crippen LogP contribution in [0.2, 0.25) is 0 Å². The number of carbonyl (C=O) groups is 1. The lowest BCUT2D eigenvalue weighted by molar-refractivity contribution is -0.192. The van der Waals surface area contributed by atoms with E-state index in [-0.39, 0.29) is 5.75 Å². The molecule has 0 aliphatic carbocycles. The molecule has 16 heteroatoms. The number of aromatic amines is 1. The number of nitrogens with zero attached hydrogens (tertiary/aromatic N) is 1. The van der Waals surface area contributed by atoms with Gasteiger partial charge >= 0.3 is 19.4 Å². The number of carbonyl (C=O) groups excluding carboxylic acids is 1. The number of hydrogen-bond acceptors (Lipinski definition) is 9. The minimum atomic E-state index is -4.80. The molecular formula is C26H29F3N3O9P. The molecule has 4 rings (SSSR count). The van der Waals surface area contributed by atoms with E-state index >= 15 is 4.39 Å². The fourth-order valence-corrected chi connectivity index (χ4v) is 5.84. The number of alkyl halides is 3. The second kappa shape index (κ2) is 12.4. The van der Waals surface area contributed by atoms with Crippen LogP contribution in [-0.4, -0.2) is 63.7 Å². The molecule has 3 N–H and O–H groups in total. The lowest BCUT2D eigenvalue weighted by Gasteiger charge is -2.32. The highest BCUT2D eigenvalue weighted by Gasteiger charge is 2.62. The first-order chi connectivity index (χ1) is 19.8. The molecule has 0 radical (unpaired) electrons. The number of H-pyrrole nitrogens is 1. The summed E-state index contributed by atoms with van der Waals surface area (Å²) < 4.78 is 80.1. The number of ether oxygens (including phenoxy) is 2. The Balaban J connectivity index is 1.68. The van der Waals surface area contributed by atoms with E-state index in [2.05, 4.69) is 5.09 Å². The molecule has 12 nitrogen and oxygen atoms in total. The predicted octanol–water partition coefficient (Wildman–Crippen LogP) is 3.05. The van der Waals surface area contributed by atoms with Gasteiger partial charge in [0.2, 0.25) is 0 Å². The SMILES string of the molecule is CC(C)OC(=O)[C@H](C)NP(=O)(OC[C@@]1(C(F)F)O[C@@H](n2ccc(=O)[nH]c2=O)[C@H](F)[C@@H]1O)Oc1cccc2ccccc12. The zero-order valence-corrected chi connectivity index (χ0v) is 23.5. The summed E-state index contributed by atoms with van der Waals surface area (Å²) in [6.45, 7) is 3.01. The minimum absolute atomic E-state index is 0.00613. The van der Waals surface area contributed by atoms with E-state index in [9.17, 15) is 32.8 Å². The standard InChI is InChI=1S/C26H29F3N3O9P/c1-14(2)39-23(35)15(3)31-42(37,41-18-10-6-8-16-7-4-5-9-17(16)18)38-13-26(24(28)29)21(34)20(27)22(40-26)32-12-11-19(33)30-25(32)36/h4-12,14-15,20-22,24,34H,13H2,1-3H3,(H,31,37)(H,30,33,36)/t15-,20+,21-,22+,26+,42?/m0/s1. The fraction of sp³-hybridized carbons (Fsp3) is 0.423. The van der Waals surface area contributed by atoms with Crippen molar-refractivity contribution in [3.63, 3.8) is 0 Å². The zero-order valence-electron chi connectivity index (χ0n) is 22.6. The van der Waals surface area contributed by atoms with E-state index in [1.54, 1.807) is 50.2 Å². The summed E-state index contributed by atoms with van der Waals surface area (Å²) in [5, 5.41) is 14.1. The Labute approximate surface area is 236 Å². The van der Waals surface area contributed by atoms with Gasteiger partial charge in [-0.2, -0.15) is 5.09 Å². The van der Waals surface area contributed by atoms with Crippen molar-refractivity contribution in [2.75, 3.05) is 6.61 Å². The van der Waals surface area contributed by atoms with Gasteiger partial charge in [-0.25, -0.2) is 22.5 Å². The fourth-order valence-electron chi connectivity index (χ4n) is 4.29. The van der Waals surface area contributed by atoms with Crippen LogP contribution in [0.25, 0.3) is 10.8 Å². The number of aliphatic hydroxyl groups excluding tert-OH is 1. The average Bonchev–Trinajstić information content (AvgIpc) is 3.18. The Morgan fingerprint density at radius 1 is 1.17 bits per heavy atom. The van der Waals surface area contributed by atoms with Crippen molar-refractivity contribution in [2.24, 2.45) is 0 Å². The van der Waals surface area contributed by atoms with Gasteiger partial charge in [0.1, 0.15) is 17.9 Å². The highest BCUT2D eigenvalue weighted by atomic mass is 31.2. The number of esters is 1. The summed E-state index contributed by atoms with van der Waals surface area (Å²) in [5.41, 5.74) is -5.17. The number of aliphatic hydroxyl groups is 1. The van der Waals surface area contributed by atoms with Crippen LogP contribution in [0.15, 0.2) is 64.3 Å². The van der Waals surface area contributed by atoms with E-state index in [0.29, 0.717) is 15.3 Å². The summed E-state index contributed by atoms with van der Waals surface area (Å²) in [6.07, 6.45) is -10.7. The van der Waals surface area contributed by atoms with Crippen molar-refractivity contribution in [2.45, 2.75) is 63.4 Å². The quantitative estimate of drug-likeness (QED) is 0.216. The van der Waals surface area contributed by atoms with Crippen LogP contribution in [0, 0.1) is 0 Å². The first-order valence-electron chi connectivity index (χ1n) is 12.8.